The fourth-order valence-corrected chi connectivity index (χ4v) is 4.89. The molecular weight excluding hydrogens is 478 g/mol. The SMILES string of the molecule is COc1ccc(OC)c(S(=O)(=O)NCc2ccc(CNc3nc(N(C)C)c4ccccc4n3)cc2)c1. The van der Waals surface area contributed by atoms with Gasteiger partial charge in [0.25, 0.3) is 0 Å². The van der Waals surface area contributed by atoms with Crippen molar-refractivity contribution in [3.05, 3.63) is 77.9 Å². The molecule has 188 valence electrons. The number of anilines is 2. The van der Waals surface area contributed by atoms with E-state index in [4.69, 9.17) is 9.47 Å². The molecule has 36 heavy (non-hydrogen) atoms. The zero-order valence-corrected chi connectivity index (χ0v) is 21.5. The van der Waals surface area contributed by atoms with Crippen molar-refractivity contribution in [2.75, 3.05) is 38.5 Å². The van der Waals surface area contributed by atoms with Gasteiger partial charge in [0.15, 0.2) is 0 Å². The molecule has 2 N–H and O–H groups in total. The van der Waals surface area contributed by atoms with E-state index < -0.39 is 10.0 Å². The maximum atomic E-state index is 12.9. The molecule has 0 bridgehead atoms. The van der Waals surface area contributed by atoms with Gasteiger partial charge < -0.3 is 19.7 Å². The third-order valence-corrected chi connectivity index (χ3v) is 7.03. The van der Waals surface area contributed by atoms with Crippen LogP contribution in [0.2, 0.25) is 0 Å². The van der Waals surface area contributed by atoms with E-state index >= 15 is 0 Å². The number of aromatic nitrogens is 2. The fourth-order valence-electron chi connectivity index (χ4n) is 3.69. The van der Waals surface area contributed by atoms with Crippen LogP contribution < -0.4 is 24.4 Å². The predicted octanol–water partition coefficient (Wildman–Crippen LogP) is 3.80. The van der Waals surface area contributed by atoms with E-state index in [2.05, 4.69) is 20.0 Å². The number of benzene rings is 3. The second kappa shape index (κ2) is 10.8. The lowest BCUT2D eigenvalue weighted by Gasteiger charge is -2.16. The quantitative estimate of drug-likeness (QED) is 0.334. The summed E-state index contributed by atoms with van der Waals surface area (Å²) in [5.74, 6) is 2.07. The first-order valence-electron chi connectivity index (χ1n) is 11.3. The number of rotatable bonds is 10. The highest BCUT2D eigenvalue weighted by Gasteiger charge is 2.20. The molecule has 1 heterocycles. The molecule has 0 radical (unpaired) electrons. The lowest BCUT2D eigenvalue weighted by Crippen LogP contribution is -2.23. The van der Waals surface area contributed by atoms with Crippen molar-refractivity contribution in [3.63, 3.8) is 0 Å². The number of nitrogens with zero attached hydrogens (tertiary/aromatic N) is 3. The summed E-state index contributed by atoms with van der Waals surface area (Å²) in [6.45, 7) is 0.661. The number of para-hydroxylation sites is 1. The van der Waals surface area contributed by atoms with Crippen LogP contribution in [0.4, 0.5) is 11.8 Å². The number of methoxy groups -OCH3 is 2. The molecular formula is C26H29N5O4S. The van der Waals surface area contributed by atoms with E-state index in [1.807, 2.05) is 67.5 Å². The smallest absolute Gasteiger partial charge is 0.244 e. The van der Waals surface area contributed by atoms with Gasteiger partial charge in [0.2, 0.25) is 16.0 Å². The van der Waals surface area contributed by atoms with E-state index in [1.165, 1.54) is 20.3 Å². The minimum atomic E-state index is -3.81. The Balaban J connectivity index is 1.42. The molecule has 4 aromatic rings. The molecule has 9 nitrogen and oxygen atoms in total. The van der Waals surface area contributed by atoms with Crippen molar-refractivity contribution in [1.82, 2.24) is 14.7 Å². The Labute approximate surface area is 211 Å². The van der Waals surface area contributed by atoms with Gasteiger partial charge in [-0.3, -0.25) is 0 Å². The van der Waals surface area contributed by atoms with E-state index in [0.717, 1.165) is 27.8 Å². The molecule has 10 heteroatoms. The summed E-state index contributed by atoms with van der Waals surface area (Å²) in [5.41, 5.74) is 2.70. The van der Waals surface area contributed by atoms with Gasteiger partial charge in [0, 0.05) is 38.6 Å². The highest BCUT2D eigenvalue weighted by molar-refractivity contribution is 7.89. The molecule has 0 aliphatic heterocycles. The molecule has 0 fully saturated rings. The van der Waals surface area contributed by atoms with Gasteiger partial charge in [-0.15, -0.1) is 0 Å². The van der Waals surface area contributed by atoms with Crippen LogP contribution >= 0.6 is 0 Å². The first-order valence-corrected chi connectivity index (χ1v) is 12.8. The van der Waals surface area contributed by atoms with Crippen LogP contribution in [-0.2, 0) is 23.1 Å². The number of hydrogen-bond acceptors (Lipinski definition) is 8. The van der Waals surface area contributed by atoms with Crippen LogP contribution in [0.5, 0.6) is 11.5 Å². The summed E-state index contributed by atoms with van der Waals surface area (Å²) in [6, 6.07) is 20.2. The summed E-state index contributed by atoms with van der Waals surface area (Å²) in [4.78, 5) is 11.3. The number of sulfonamides is 1. The topological polar surface area (TPSA) is 106 Å². The number of nitrogens with one attached hydrogen (secondary N) is 2. The molecule has 0 amide bonds. The van der Waals surface area contributed by atoms with Crippen molar-refractivity contribution in [3.8, 4) is 11.5 Å². The summed E-state index contributed by atoms with van der Waals surface area (Å²) >= 11 is 0. The molecule has 4 rings (SSSR count). The Morgan fingerprint density at radius 2 is 1.56 bits per heavy atom. The second-order valence-corrected chi connectivity index (χ2v) is 10.0. The number of hydrogen-bond donors (Lipinski definition) is 2. The maximum Gasteiger partial charge on any atom is 0.244 e. The zero-order chi connectivity index (χ0) is 25.7. The van der Waals surface area contributed by atoms with Crippen LogP contribution in [0.25, 0.3) is 10.9 Å². The monoisotopic (exact) mass is 507 g/mol. The van der Waals surface area contributed by atoms with Crippen molar-refractivity contribution >= 4 is 32.7 Å². The lowest BCUT2D eigenvalue weighted by atomic mass is 10.1. The van der Waals surface area contributed by atoms with Gasteiger partial charge in [-0.05, 0) is 35.4 Å². The van der Waals surface area contributed by atoms with Crippen molar-refractivity contribution in [2.45, 2.75) is 18.0 Å². The Morgan fingerprint density at radius 3 is 2.22 bits per heavy atom. The Bertz CT molecular complexity index is 1460. The summed E-state index contributed by atoms with van der Waals surface area (Å²) in [7, 11) is 3.01. The van der Waals surface area contributed by atoms with Crippen LogP contribution in [0.3, 0.4) is 0 Å². The van der Waals surface area contributed by atoms with Crippen LogP contribution in [0.15, 0.2) is 71.6 Å². The first-order chi connectivity index (χ1) is 17.3. The molecule has 0 atom stereocenters. The van der Waals surface area contributed by atoms with Gasteiger partial charge in [-0.2, -0.15) is 4.98 Å². The molecule has 0 saturated heterocycles. The van der Waals surface area contributed by atoms with E-state index in [0.29, 0.717) is 18.2 Å². The molecule has 0 spiro atoms. The third kappa shape index (κ3) is 5.67. The summed E-state index contributed by atoms with van der Waals surface area (Å²) < 4.78 is 38.7. The Kier molecular flexibility index (Phi) is 7.56. The molecule has 0 saturated carbocycles. The minimum absolute atomic E-state index is 0.0256. The average Bonchev–Trinajstić information content (AvgIpc) is 2.90. The van der Waals surface area contributed by atoms with Gasteiger partial charge in [-0.25, -0.2) is 18.1 Å². The normalized spacial score (nSPS) is 11.3. The highest BCUT2D eigenvalue weighted by atomic mass is 32.2. The van der Waals surface area contributed by atoms with E-state index in [9.17, 15) is 8.42 Å². The van der Waals surface area contributed by atoms with Crippen molar-refractivity contribution in [1.29, 1.82) is 0 Å². The molecule has 3 aromatic carbocycles. The second-order valence-electron chi connectivity index (χ2n) is 8.29. The van der Waals surface area contributed by atoms with Crippen LogP contribution in [0, 0.1) is 0 Å². The van der Waals surface area contributed by atoms with Gasteiger partial charge in [-0.1, -0.05) is 36.4 Å². The first kappa shape index (κ1) is 25.2. The maximum absolute atomic E-state index is 12.9. The minimum Gasteiger partial charge on any atom is -0.497 e. The predicted molar refractivity (Wildman–Crippen MR) is 141 cm³/mol. The van der Waals surface area contributed by atoms with E-state index in [-0.39, 0.29) is 17.2 Å². The largest absolute Gasteiger partial charge is 0.497 e. The van der Waals surface area contributed by atoms with Gasteiger partial charge in [0.1, 0.15) is 22.2 Å². The van der Waals surface area contributed by atoms with Gasteiger partial charge in [0.05, 0.1) is 19.7 Å². The summed E-state index contributed by atoms with van der Waals surface area (Å²) in [6.07, 6.45) is 0. The molecule has 0 aliphatic carbocycles. The van der Waals surface area contributed by atoms with Crippen LogP contribution in [-0.4, -0.2) is 46.7 Å². The standard InChI is InChI=1S/C26H29N5O4S/c1-31(2)25-21-7-5-6-8-22(21)29-26(30-25)27-16-18-9-11-19(12-10-18)17-28-36(32,33)24-15-20(34-3)13-14-23(24)35-4/h5-15,28H,16-17H2,1-4H3,(H,27,29,30). The lowest BCUT2D eigenvalue weighted by molar-refractivity contribution is 0.392. The van der Waals surface area contributed by atoms with Crippen molar-refractivity contribution in [2.24, 2.45) is 0 Å². The highest BCUT2D eigenvalue weighted by Crippen LogP contribution is 2.28. The Hall–Kier alpha value is -3.89. The van der Waals surface area contributed by atoms with Crippen molar-refractivity contribution < 1.29 is 17.9 Å². The number of fused-ring (bicyclic) bond motifs is 1. The molecule has 0 unspecified atom stereocenters. The molecule has 1 aromatic heterocycles. The average molecular weight is 508 g/mol. The van der Waals surface area contributed by atoms with E-state index in [1.54, 1.807) is 12.1 Å². The Morgan fingerprint density at radius 1 is 0.861 bits per heavy atom. The van der Waals surface area contributed by atoms with Crippen LogP contribution in [0.1, 0.15) is 11.1 Å². The van der Waals surface area contributed by atoms with Gasteiger partial charge >= 0.3 is 0 Å². The third-order valence-electron chi connectivity index (χ3n) is 5.61. The fraction of sp³-hybridized carbons (Fsp3) is 0.231. The zero-order valence-electron chi connectivity index (χ0n) is 20.6. The molecule has 0 aliphatic rings. The number of ether oxygens (including phenoxy) is 2. The summed E-state index contributed by atoms with van der Waals surface area (Å²) in [5, 5.41) is 4.27.